The van der Waals surface area contributed by atoms with Crippen LogP contribution in [0.3, 0.4) is 0 Å². The van der Waals surface area contributed by atoms with Gasteiger partial charge in [-0.1, -0.05) is 6.92 Å². The first-order chi connectivity index (χ1) is 23.3. The summed E-state index contributed by atoms with van der Waals surface area (Å²) in [5.74, 6) is -5.10. The van der Waals surface area contributed by atoms with Crippen LogP contribution in [0, 0.1) is 11.8 Å². The van der Waals surface area contributed by atoms with Gasteiger partial charge in [-0.25, -0.2) is 18.6 Å². The number of pyridine rings is 1. The van der Waals surface area contributed by atoms with Crippen molar-refractivity contribution in [3.63, 3.8) is 0 Å². The summed E-state index contributed by atoms with van der Waals surface area (Å²) >= 11 is 0. The Morgan fingerprint density at radius 1 is 1.00 bits per heavy atom. The molecule has 3 aliphatic carbocycles. The van der Waals surface area contributed by atoms with Crippen molar-refractivity contribution < 1.29 is 46.1 Å². The molecular weight excluding hydrogens is 649 g/mol. The van der Waals surface area contributed by atoms with Crippen molar-refractivity contribution in [1.82, 2.24) is 9.88 Å². The third kappa shape index (κ3) is 8.89. The molecule has 6 rings (SSSR count). The Hall–Kier alpha value is -3.32. The molecule has 1 amide bonds. The maximum atomic E-state index is 14.2. The van der Waals surface area contributed by atoms with Crippen LogP contribution in [0.4, 0.5) is 27.6 Å². The first kappa shape index (κ1) is 35.5. The molecule has 0 unspecified atom stereocenters. The molecular formula is C36H44F5N3O5. The van der Waals surface area contributed by atoms with Crippen LogP contribution in [0.5, 0.6) is 11.6 Å². The fourth-order valence-corrected chi connectivity index (χ4v) is 7.49. The number of ether oxygens (including phenoxy) is 2. The van der Waals surface area contributed by atoms with Crippen LogP contribution in [0.15, 0.2) is 30.5 Å². The summed E-state index contributed by atoms with van der Waals surface area (Å²) < 4.78 is 82.1. The quantitative estimate of drug-likeness (QED) is 0.250. The number of alkyl halides is 5. The summed E-state index contributed by atoms with van der Waals surface area (Å²) in [7, 11) is 0. The van der Waals surface area contributed by atoms with Crippen molar-refractivity contribution in [2.75, 3.05) is 18.0 Å². The van der Waals surface area contributed by atoms with E-state index in [9.17, 15) is 36.6 Å². The zero-order valence-electron chi connectivity index (χ0n) is 27.7. The Labute approximate surface area is 283 Å². The van der Waals surface area contributed by atoms with Gasteiger partial charge < -0.3 is 19.5 Å². The van der Waals surface area contributed by atoms with Crippen LogP contribution in [-0.2, 0) is 22.3 Å². The highest BCUT2D eigenvalue weighted by molar-refractivity contribution is 6.03. The van der Waals surface area contributed by atoms with E-state index in [2.05, 4.69) is 11.9 Å². The molecule has 0 radical (unpaired) electrons. The zero-order valence-corrected chi connectivity index (χ0v) is 27.7. The lowest BCUT2D eigenvalue weighted by Crippen LogP contribution is -2.47. The molecule has 13 heteroatoms. The molecule has 1 aliphatic heterocycles. The fraction of sp³-hybridized carbons (Fsp3) is 0.639. The number of anilines is 1. The van der Waals surface area contributed by atoms with E-state index < -0.39 is 36.1 Å². The van der Waals surface area contributed by atoms with Crippen molar-refractivity contribution in [2.24, 2.45) is 11.8 Å². The predicted molar refractivity (Wildman–Crippen MR) is 171 cm³/mol. The summed E-state index contributed by atoms with van der Waals surface area (Å²) in [5, 5.41) is 10.3. The topological polar surface area (TPSA) is 92.2 Å². The number of carboxylic acids is 1. The van der Waals surface area contributed by atoms with Gasteiger partial charge in [0.25, 0.3) is 5.92 Å². The summed E-state index contributed by atoms with van der Waals surface area (Å²) in [4.78, 5) is 33.8. The van der Waals surface area contributed by atoms with Gasteiger partial charge >= 0.3 is 12.1 Å². The van der Waals surface area contributed by atoms with E-state index in [1.807, 2.05) is 0 Å². The normalized spacial score (nSPS) is 26.2. The molecule has 2 aromatic rings. The van der Waals surface area contributed by atoms with Gasteiger partial charge in [0, 0.05) is 31.1 Å². The van der Waals surface area contributed by atoms with Crippen LogP contribution in [0.2, 0.25) is 0 Å². The number of carboxylic acid groups (broad SMARTS) is 1. The molecule has 1 aromatic carbocycles. The van der Waals surface area contributed by atoms with Crippen molar-refractivity contribution in [3.05, 3.63) is 47.2 Å². The highest BCUT2D eigenvalue weighted by Crippen LogP contribution is 2.41. The van der Waals surface area contributed by atoms with Gasteiger partial charge in [0.2, 0.25) is 11.8 Å². The molecule has 0 bridgehead atoms. The number of aromatic nitrogens is 1. The minimum absolute atomic E-state index is 0.0995. The number of hydrogen-bond acceptors (Lipinski definition) is 6. The highest BCUT2D eigenvalue weighted by atomic mass is 19.4. The van der Waals surface area contributed by atoms with E-state index >= 15 is 0 Å². The molecule has 1 N–H and O–H groups in total. The van der Waals surface area contributed by atoms with Crippen molar-refractivity contribution in [2.45, 2.75) is 121 Å². The fourth-order valence-electron chi connectivity index (χ4n) is 7.49. The molecule has 0 atom stereocenters. The van der Waals surface area contributed by atoms with E-state index in [4.69, 9.17) is 9.47 Å². The smallest absolute Gasteiger partial charge is 0.421 e. The van der Waals surface area contributed by atoms with Crippen molar-refractivity contribution in [1.29, 1.82) is 0 Å². The number of carbonyl (C=O) groups is 2. The second-order valence-corrected chi connectivity index (χ2v) is 14.4. The SMILES string of the molecule is C[C@H]1CC[C@H](C(=O)N(c2ccc(Oc3ncc(CN4CCCC(F)(F)C4)cc3C(F)(F)F)cc2C(=O)O)[C@H]2CC[C@H](OC3CC3)CC2)CC1. The highest BCUT2D eigenvalue weighted by Gasteiger charge is 2.40. The molecule has 268 valence electrons. The zero-order chi connectivity index (χ0) is 34.9. The van der Waals surface area contributed by atoms with Crippen LogP contribution < -0.4 is 9.64 Å². The third-order valence-corrected chi connectivity index (χ3v) is 10.3. The van der Waals surface area contributed by atoms with Crippen molar-refractivity contribution >= 4 is 17.6 Å². The number of nitrogens with zero attached hydrogens (tertiary/aromatic N) is 3. The number of carbonyl (C=O) groups excluding carboxylic acids is 1. The van der Waals surface area contributed by atoms with Crippen LogP contribution in [-0.4, -0.2) is 64.1 Å². The Balaban J connectivity index is 1.26. The van der Waals surface area contributed by atoms with Crippen LogP contribution in [0.1, 0.15) is 105 Å². The van der Waals surface area contributed by atoms with Crippen LogP contribution >= 0.6 is 0 Å². The van der Waals surface area contributed by atoms with Gasteiger partial charge in [0.15, 0.2) is 0 Å². The molecule has 49 heavy (non-hydrogen) atoms. The Morgan fingerprint density at radius 2 is 1.67 bits per heavy atom. The van der Waals surface area contributed by atoms with Gasteiger partial charge in [0.05, 0.1) is 30.0 Å². The Morgan fingerprint density at radius 3 is 2.29 bits per heavy atom. The van der Waals surface area contributed by atoms with Gasteiger partial charge in [0.1, 0.15) is 11.3 Å². The van der Waals surface area contributed by atoms with Crippen molar-refractivity contribution in [3.8, 4) is 11.6 Å². The summed E-state index contributed by atoms with van der Waals surface area (Å²) in [6.07, 6.45) is 4.78. The predicted octanol–water partition coefficient (Wildman–Crippen LogP) is 8.47. The lowest BCUT2D eigenvalue weighted by atomic mass is 9.81. The second kappa shape index (κ2) is 14.5. The molecule has 1 aromatic heterocycles. The van der Waals surface area contributed by atoms with E-state index in [1.54, 1.807) is 4.90 Å². The average molecular weight is 694 g/mol. The minimum atomic E-state index is -4.89. The van der Waals surface area contributed by atoms with E-state index in [-0.39, 0.29) is 65.9 Å². The Bertz CT molecular complexity index is 1500. The summed E-state index contributed by atoms with van der Waals surface area (Å²) in [5.41, 5.74) is -1.18. The number of likely N-dealkylation sites (tertiary alicyclic amines) is 1. The molecule has 3 saturated carbocycles. The van der Waals surface area contributed by atoms with E-state index in [0.717, 1.165) is 56.9 Å². The molecule has 8 nitrogen and oxygen atoms in total. The first-order valence-corrected chi connectivity index (χ1v) is 17.5. The molecule has 4 fully saturated rings. The monoisotopic (exact) mass is 693 g/mol. The number of piperidine rings is 1. The third-order valence-electron chi connectivity index (χ3n) is 10.3. The maximum Gasteiger partial charge on any atom is 0.421 e. The molecule has 0 spiro atoms. The van der Waals surface area contributed by atoms with Crippen LogP contribution in [0.25, 0.3) is 0 Å². The number of halogens is 5. The number of benzene rings is 1. The van der Waals surface area contributed by atoms with E-state index in [1.165, 1.54) is 17.0 Å². The number of rotatable bonds is 10. The van der Waals surface area contributed by atoms with Gasteiger partial charge in [-0.05, 0) is 113 Å². The number of hydrogen-bond donors (Lipinski definition) is 1. The van der Waals surface area contributed by atoms with Gasteiger partial charge in [-0.2, -0.15) is 13.2 Å². The number of aromatic carboxylic acids is 1. The molecule has 4 aliphatic rings. The maximum absolute atomic E-state index is 14.2. The summed E-state index contributed by atoms with van der Waals surface area (Å²) in [6.45, 7) is 1.80. The first-order valence-electron chi connectivity index (χ1n) is 17.5. The Kier molecular flexibility index (Phi) is 10.5. The number of amides is 1. The van der Waals surface area contributed by atoms with Gasteiger partial charge in [-0.15, -0.1) is 0 Å². The van der Waals surface area contributed by atoms with Gasteiger partial charge in [-0.3, -0.25) is 9.69 Å². The largest absolute Gasteiger partial charge is 0.478 e. The second-order valence-electron chi connectivity index (χ2n) is 14.4. The molecule has 2 heterocycles. The average Bonchev–Trinajstić information content (AvgIpc) is 3.86. The molecule has 1 saturated heterocycles. The summed E-state index contributed by atoms with van der Waals surface area (Å²) in [6, 6.07) is 4.51. The lowest BCUT2D eigenvalue weighted by molar-refractivity contribution is -0.139. The lowest BCUT2D eigenvalue weighted by Gasteiger charge is -2.40. The van der Waals surface area contributed by atoms with E-state index in [0.29, 0.717) is 44.2 Å². The standard InChI is InChI=1S/C36H44F5N3O5/c1-22-3-5-24(6-4-22)33(45)44(25-7-9-26(10-8-25)48-27-11-12-27)31-14-13-28(18-29(31)34(46)47)49-32-30(36(39,40)41)17-23(19-42-32)20-43-16-2-15-35(37,38)21-43/h13-14,17-19,22,24-27H,2-12,15-16,20-21H2,1H3,(H,46,47)/t22-,24-,25-,26-. The minimum Gasteiger partial charge on any atom is -0.478 e.